The predicted octanol–water partition coefficient (Wildman–Crippen LogP) is 3.90. The number of hydrogen-bond donors (Lipinski definition) is 2. The van der Waals surface area contributed by atoms with Crippen molar-refractivity contribution in [2.24, 2.45) is 0 Å². The van der Waals surface area contributed by atoms with Crippen LogP contribution in [0.1, 0.15) is 5.56 Å². The number of benzene rings is 2. The van der Waals surface area contributed by atoms with Crippen molar-refractivity contribution >= 4 is 22.6 Å². The molecule has 0 spiro atoms. The molecule has 0 saturated carbocycles. The van der Waals surface area contributed by atoms with E-state index in [-0.39, 0.29) is 5.75 Å². The summed E-state index contributed by atoms with van der Waals surface area (Å²) in [5.74, 6) is 0.829. The number of para-hydroxylation sites is 1. The van der Waals surface area contributed by atoms with Crippen molar-refractivity contribution in [3.63, 3.8) is 0 Å². The number of rotatable bonds is 1. The van der Waals surface area contributed by atoms with E-state index in [0.29, 0.717) is 16.4 Å². The van der Waals surface area contributed by atoms with Crippen LogP contribution in [0.2, 0.25) is 5.02 Å². The minimum Gasteiger partial charge on any atom is -0.507 e. The number of nitrogens with one attached hydrogen (secondary N) is 1. The Labute approximate surface area is 109 Å². The summed E-state index contributed by atoms with van der Waals surface area (Å²) < 4.78 is 0. The normalized spacial score (nSPS) is 11.0. The number of hydrogen-bond acceptors (Lipinski definition) is 2. The molecule has 0 atom stereocenters. The number of imidazole rings is 1. The van der Waals surface area contributed by atoms with Gasteiger partial charge in [0.1, 0.15) is 17.1 Å². The Balaban J connectivity index is 2.26. The van der Waals surface area contributed by atoms with E-state index in [1.165, 1.54) is 0 Å². The molecule has 0 fully saturated rings. The number of H-pyrrole nitrogens is 1. The van der Waals surface area contributed by atoms with Crippen LogP contribution in [0.15, 0.2) is 36.4 Å². The fraction of sp³-hybridized carbons (Fsp3) is 0.0714. The van der Waals surface area contributed by atoms with Crippen molar-refractivity contribution in [3.8, 4) is 17.1 Å². The molecule has 0 saturated heterocycles. The summed E-state index contributed by atoms with van der Waals surface area (Å²) in [5, 5.41) is 10.5. The zero-order valence-corrected chi connectivity index (χ0v) is 10.5. The molecule has 3 rings (SSSR count). The van der Waals surface area contributed by atoms with E-state index in [1.54, 1.807) is 12.1 Å². The molecule has 3 nitrogen and oxygen atoms in total. The average molecular weight is 259 g/mol. The molecule has 2 aromatic carbocycles. The average Bonchev–Trinajstić information content (AvgIpc) is 2.77. The van der Waals surface area contributed by atoms with E-state index >= 15 is 0 Å². The van der Waals surface area contributed by atoms with E-state index in [0.717, 1.165) is 16.6 Å². The van der Waals surface area contributed by atoms with Crippen LogP contribution in [0.25, 0.3) is 22.4 Å². The molecule has 0 aliphatic heterocycles. The first-order valence-corrected chi connectivity index (χ1v) is 5.97. The molecule has 1 heterocycles. The fourth-order valence-corrected chi connectivity index (χ4v) is 2.18. The molecule has 2 N–H and O–H groups in total. The van der Waals surface area contributed by atoms with Gasteiger partial charge in [-0.3, -0.25) is 0 Å². The number of aromatic nitrogens is 2. The quantitative estimate of drug-likeness (QED) is 0.695. The Bertz CT molecular complexity index is 734. The van der Waals surface area contributed by atoms with E-state index < -0.39 is 0 Å². The topological polar surface area (TPSA) is 48.9 Å². The van der Waals surface area contributed by atoms with Crippen LogP contribution < -0.4 is 0 Å². The fourth-order valence-electron chi connectivity index (χ4n) is 1.96. The second-order valence-electron chi connectivity index (χ2n) is 4.24. The third-order valence-electron chi connectivity index (χ3n) is 2.87. The minimum absolute atomic E-state index is 0.204. The maximum atomic E-state index is 9.89. The van der Waals surface area contributed by atoms with Gasteiger partial charge in [0.15, 0.2) is 0 Å². The summed E-state index contributed by atoms with van der Waals surface area (Å²) in [6.45, 7) is 1.97. The monoisotopic (exact) mass is 258 g/mol. The summed E-state index contributed by atoms with van der Waals surface area (Å²) in [6.07, 6.45) is 0. The van der Waals surface area contributed by atoms with Crippen LogP contribution in [0.3, 0.4) is 0 Å². The van der Waals surface area contributed by atoms with Crippen LogP contribution in [0.4, 0.5) is 0 Å². The second-order valence-corrected chi connectivity index (χ2v) is 4.65. The van der Waals surface area contributed by atoms with E-state index in [4.69, 9.17) is 11.6 Å². The first-order chi connectivity index (χ1) is 8.65. The summed E-state index contributed by atoms with van der Waals surface area (Å²) in [6, 6.07) is 11.0. The highest BCUT2D eigenvalue weighted by Gasteiger charge is 2.11. The number of phenols is 1. The maximum absolute atomic E-state index is 9.89. The lowest BCUT2D eigenvalue weighted by Crippen LogP contribution is -1.83. The van der Waals surface area contributed by atoms with Crippen LogP contribution in [-0.2, 0) is 0 Å². The van der Waals surface area contributed by atoms with Crippen molar-refractivity contribution in [2.45, 2.75) is 6.92 Å². The molecule has 0 amide bonds. The van der Waals surface area contributed by atoms with Gasteiger partial charge in [0.05, 0.1) is 16.1 Å². The first kappa shape index (κ1) is 11.1. The predicted molar refractivity (Wildman–Crippen MR) is 72.9 cm³/mol. The standard InChI is InChI=1S/C14H11ClN2O/c1-8-5-6-12(18)9(7-8)14-16-11-4-2-3-10(15)13(11)17-14/h2-7,18H,1H3,(H,16,17). The summed E-state index contributed by atoms with van der Waals surface area (Å²) in [7, 11) is 0. The van der Waals surface area contributed by atoms with Gasteiger partial charge in [-0.05, 0) is 31.2 Å². The summed E-state index contributed by atoms with van der Waals surface area (Å²) in [5.41, 5.74) is 3.32. The number of fused-ring (bicyclic) bond motifs is 1. The number of aryl methyl sites for hydroxylation is 1. The highest BCUT2D eigenvalue weighted by atomic mass is 35.5. The van der Waals surface area contributed by atoms with Gasteiger partial charge >= 0.3 is 0 Å². The minimum atomic E-state index is 0.204. The molecule has 1 aromatic heterocycles. The SMILES string of the molecule is Cc1ccc(O)c(-c2nc3c(Cl)cccc3[nH]2)c1. The zero-order chi connectivity index (χ0) is 12.7. The number of aromatic hydroxyl groups is 1. The Morgan fingerprint density at radius 1 is 1.22 bits per heavy atom. The molecule has 0 unspecified atom stereocenters. The highest BCUT2D eigenvalue weighted by Crippen LogP contribution is 2.31. The largest absolute Gasteiger partial charge is 0.507 e. The van der Waals surface area contributed by atoms with Crippen molar-refractivity contribution in [3.05, 3.63) is 47.0 Å². The molecule has 0 aliphatic rings. The first-order valence-electron chi connectivity index (χ1n) is 5.59. The smallest absolute Gasteiger partial charge is 0.142 e. The Morgan fingerprint density at radius 3 is 2.83 bits per heavy atom. The third kappa shape index (κ3) is 1.73. The van der Waals surface area contributed by atoms with Gasteiger partial charge in [-0.2, -0.15) is 0 Å². The van der Waals surface area contributed by atoms with Crippen LogP contribution in [0.5, 0.6) is 5.75 Å². The van der Waals surface area contributed by atoms with Crippen LogP contribution in [0, 0.1) is 6.92 Å². The van der Waals surface area contributed by atoms with Crippen molar-refractivity contribution in [2.75, 3.05) is 0 Å². The van der Waals surface area contributed by atoms with Crippen molar-refractivity contribution in [1.29, 1.82) is 0 Å². The van der Waals surface area contributed by atoms with E-state index in [2.05, 4.69) is 9.97 Å². The van der Waals surface area contributed by atoms with Crippen molar-refractivity contribution in [1.82, 2.24) is 9.97 Å². The number of nitrogens with zero attached hydrogens (tertiary/aromatic N) is 1. The molecular formula is C14H11ClN2O. The summed E-state index contributed by atoms with van der Waals surface area (Å²) >= 11 is 6.08. The van der Waals surface area contributed by atoms with Gasteiger partial charge in [-0.15, -0.1) is 0 Å². The molecule has 18 heavy (non-hydrogen) atoms. The third-order valence-corrected chi connectivity index (χ3v) is 3.18. The maximum Gasteiger partial charge on any atom is 0.142 e. The second kappa shape index (κ2) is 4.03. The van der Waals surface area contributed by atoms with Gasteiger partial charge in [0.2, 0.25) is 0 Å². The number of aromatic amines is 1. The van der Waals surface area contributed by atoms with Crippen LogP contribution >= 0.6 is 11.6 Å². The molecule has 0 bridgehead atoms. The molecule has 0 radical (unpaired) electrons. The van der Waals surface area contributed by atoms with E-state index in [1.807, 2.05) is 31.2 Å². The van der Waals surface area contributed by atoms with Gasteiger partial charge < -0.3 is 10.1 Å². The lowest BCUT2D eigenvalue weighted by molar-refractivity contribution is 0.477. The Kier molecular flexibility index (Phi) is 2.49. The van der Waals surface area contributed by atoms with Gasteiger partial charge in [0.25, 0.3) is 0 Å². The number of halogens is 1. The molecule has 4 heteroatoms. The number of phenolic OH excluding ortho intramolecular Hbond substituents is 1. The highest BCUT2D eigenvalue weighted by molar-refractivity contribution is 6.35. The molecular weight excluding hydrogens is 248 g/mol. The van der Waals surface area contributed by atoms with Crippen molar-refractivity contribution < 1.29 is 5.11 Å². The summed E-state index contributed by atoms with van der Waals surface area (Å²) in [4.78, 5) is 7.60. The van der Waals surface area contributed by atoms with E-state index in [9.17, 15) is 5.11 Å². The lowest BCUT2D eigenvalue weighted by atomic mass is 10.1. The lowest BCUT2D eigenvalue weighted by Gasteiger charge is -2.01. The molecule has 90 valence electrons. The van der Waals surface area contributed by atoms with Gasteiger partial charge in [0, 0.05) is 0 Å². The van der Waals surface area contributed by atoms with Gasteiger partial charge in [-0.25, -0.2) is 4.98 Å². The Hall–Kier alpha value is -2.00. The molecule has 3 aromatic rings. The Morgan fingerprint density at radius 2 is 2.06 bits per heavy atom. The van der Waals surface area contributed by atoms with Gasteiger partial charge in [-0.1, -0.05) is 29.3 Å². The zero-order valence-electron chi connectivity index (χ0n) is 9.74. The van der Waals surface area contributed by atoms with Crippen LogP contribution in [-0.4, -0.2) is 15.1 Å². The molecule has 0 aliphatic carbocycles.